The third-order valence-corrected chi connectivity index (χ3v) is 5.44. The van der Waals surface area contributed by atoms with E-state index in [4.69, 9.17) is 9.47 Å². The van der Waals surface area contributed by atoms with E-state index in [-0.39, 0.29) is 18.6 Å². The standard InChI is InChI=1S/C21H27NO5/c1-12(2)14-11-26-20(25)22(14)18(23)15-16(21(3,4)5)19(24)27-17(15)13-9-7-6-8-10-13/h6-10,12,14-17H,11H2,1-5H3/t14-,15-,16+,17+/m1/s1. The minimum absolute atomic E-state index is 0.0571. The van der Waals surface area contributed by atoms with Gasteiger partial charge in [-0.1, -0.05) is 65.0 Å². The summed E-state index contributed by atoms with van der Waals surface area (Å²) in [6.45, 7) is 9.80. The van der Waals surface area contributed by atoms with E-state index in [1.807, 2.05) is 65.0 Å². The molecule has 0 spiro atoms. The molecule has 0 N–H and O–H groups in total. The molecule has 0 radical (unpaired) electrons. The highest BCUT2D eigenvalue weighted by molar-refractivity contribution is 5.98. The molecule has 0 saturated carbocycles. The summed E-state index contributed by atoms with van der Waals surface area (Å²) < 4.78 is 10.8. The Morgan fingerprint density at radius 3 is 2.33 bits per heavy atom. The Morgan fingerprint density at radius 2 is 1.78 bits per heavy atom. The monoisotopic (exact) mass is 373 g/mol. The number of benzene rings is 1. The van der Waals surface area contributed by atoms with Crippen LogP contribution in [-0.2, 0) is 19.1 Å². The number of ether oxygens (including phenoxy) is 2. The summed E-state index contributed by atoms with van der Waals surface area (Å²) in [6, 6.07) is 8.90. The molecule has 146 valence electrons. The third kappa shape index (κ3) is 3.45. The number of imide groups is 1. The van der Waals surface area contributed by atoms with Crippen molar-refractivity contribution < 1.29 is 23.9 Å². The molecule has 2 aliphatic rings. The van der Waals surface area contributed by atoms with Gasteiger partial charge in [-0.05, 0) is 16.9 Å². The summed E-state index contributed by atoms with van der Waals surface area (Å²) in [4.78, 5) is 39.8. The Bertz CT molecular complexity index is 737. The first kappa shape index (κ1) is 19.4. The molecular weight excluding hydrogens is 346 g/mol. The van der Waals surface area contributed by atoms with Crippen molar-refractivity contribution in [2.75, 3.05) is 6.61 Å². The molecule has 6 nitrogen and oxygen atoms in total. The van der Waals surface area contributed by atoms with E-state index in [9.17, 15) is 14.4 Å². The maximum Gasteiger partial charge on any atom is 0.416 e. The number of nitrogens with zero attached hydrogens (tertiary/aromatic N) is 1. The average Bonchev–Trinajstić information content (AvgIpc) is 3.15. The predicted octanol–water partition coefficient (Wildman–Crippen LogP) is 3.57. The number of amides is 2. The molecule has 0 unspecified atom stereocenters. The Labute approximate surface area is 159 Å². The van der Waals surface area contributed by atoms with Gasteiger partial charge in [-0.3, -0.25) is 9.59 Å². The molecule has 2 amide bonds. The number of hydrogen-bond acceptors (Lipinski definition) is 5. The highest BCUT2D eigenvalue weighted by Gasteiger charge is 2.57. The zero-order chi connectivity index (χ0) is 19.9. The fourth-order valence-electron chi connectivity index (χ4n) is 4.02. The number of cyclic esters (lactones) is 2. The maximum absolute atomic E-state index is 13.6. The fraction of sp³-hybridized carbons (Fsp3) is 0.571. The van der Waals surface area contributed by atoms with Gasteiger partial charge in [-0.15, -0.1) is 0 Å². The van der Waals surface area contributed by atoms with E-state index in [1.54, 1.807) is 0 Å². The van der Waals surface area contributed by atoms with Crippen LogP contribution in [-0.4, -0.2) is 35.5 Å². The molecule has 0 bridgehead atoms. The van der Waals surface area contributed by atoms with E-state index < -0.39 is 41.3 Å². The van der Waals surface area contributed by atoms with Crippen molar-refractivity contribution in [1.29, 1.82) is 0 Å². The van der Waals surface area contributed by atoms with Gasteiger partial charge in [0.25, 0.3) is 0 Å². The van der Waals surface area contributed by atoms with Crippen molar-refractivity contribution in [3.05, 3.63) is 35.9 Å². The van der Waals surface area contributed by atoms with E-state index in [1.165, 1.54) is 4.90 Å². The van der Waals surface area contributed by atoms with Crippen LogP contribution in [0.15, 0.2) is 30.3 Å². The molecule has 2 aliphatic heterocycles. The third-order valence-electron chi connectivity index (χ3n) is 5.44. The van der Waals surface area contributed by atoms with E-state index in [0.717, 1.165) is 5.56 Å². The average molecular weight is 373 g/mol. The van der Waals surface area contributed by atoms with Gasteiger partial charge in [-0.2, -0.15) is 0 Å². The molecule has 2 saturated heterocycles. The van der Waals surface area contributed by atoms with Gasteiger partial charge in [0, 0.05) is 0 Å². The smallest absolute Gasteiger partial charge is 0.416 e. The highest BCUT2D eigenvalue weighted by atomic mass is 16.6. The van der Waals surface area contributed by atoms with Gasteiger partial charge in [0.05, 0.1) is 17.9 Å². The number of esters is 1. The van der Waals surface area contributed by atoms with Gasteiger partial charge in [0.15, 0.2) is 0 Å². The number of carbonyl (C=O) groups excluding carboxylic acids is 3. The zero-order valence-electron chi connectivity index (χ0n) is 16.5. The first-order valence-corrected chi connectivity index (χ1v) is 9.38. The Hall–Kier alpha value is -2.37. The molecule has 2 fully saturated rings. The summed E-state index contributed by atoms with van der Waals surface area (Å²) in [5, 5.41) is 0. The van der Waals surface area contributed by atoms with Crippen molar-refractivity contribution >= 4 is 18.0 Å². The molecule has 1 aromatic rings. The molecular formula is C21H27NO5. The molecule has 6 heteroatoms. The van der Waals surface area contributed by atoms with Crippen LogP contribution in [0.5, 0.6) is 0 Å². The quantitative estimate of drug-likeness (QED) is 0.758. The van der Waals surface area contributed by atoms with Crippen LogP contribution in [0.4, 0.5) is 4.79 Å². The predicted molar refractivity (Wildman–Crippen MR) is 98.5 cm³/mol. The SMILES string of the molecule is CC(C)[C@H]1COC(=O)N1C(=O)[C@@H]1[C@H](C(C)(C)C)C(=O)O[C@H]1c1ccccc1. The van der Waals surface area contributed by atoms with Crippen molar-refractivity contribution in [2.45, 2.75) is 46.8 Å². The fourth-order valence-corrected chi connectivity index (χ4v) is 4.02. The lowest BCUT2D eigenvalue weighted by Crippen LogP contribution is -2.48. The van der Waals surface area contributed by atoms with Gasteiger partial charge < -0.3 is 9.47 Å². The van der Waals surface area contributed by atoms with Gasteiger partial charge in [0.2, 0.25) is 5.91 Å². The van der Waals surface area contributed by atoms with Crippen LogP contribution < -0.4 is 0 Å². The second kappa shape index (κ2) is 6.98. The first-order chi connectivity index (χ1) is 12.6. The molecule has 27 heavy (non-hydrogen) atoms. The second-order valence-electron chi connectivity index (χ2n) is 8.73. The van der Waals surface area contributed by atoms with E-state index in [2.05, 4.69) is 0 Å². The van der Waals surface area contributed by atoms with Crippen molar-refractivity contribution in [3.63, 3.8) is 0 Å². The molecule has 1 aromatic carbocycles. The van der Waals surface area contributed by atoms with Crippen LogP contribution in [0.1, 0.15) is 46.3 Å². The number of rotatable bonds is 3. The Balaban J connectivity index is 2.04. The second-order valence-corrected chi connectivity index (χ2v) is 8.73. The molecule has 2 heterocycles. The van der Waals surface area contributed by atoms with Crippen molar-refractivity contribution in [1.82, 2.24) is 4.90 Å². The lowest BCUT2D eigenvalue weighted by Gasteiger charge is -2.32. The van der Waals surface area contributed by atoms with Crippen LogP contribution in [0.25, 0.3) is 0 Å². The zero-order valence-corrected chi connectivity index (χ0v) is 16.5. The number of carbonyl (C=O) groups is 3. The highest BCUT2D eigenvalue weighted by Crippen LogP contribution is 2.48. The Morgan fingerprint density at radius 1 is 1.15 bits per heavy atom. The van der Waals surface area contributed by atoms with E-state index >= 15 is 0 Å². The lowest BCUT2D eigenvalue weighted by atomic mass is 9.71. The minimum Gasteiger partial charge on any atom is -0.456 e. The maximum atomic E-state index is 13.6. The summed E-state index contributed by atoms with van der Waals surface area (Å²) in [5.41, 5.74) is 0.266. The Kier molecular flexibility index (Phi) is 5.02. The van der Waals surface area contributed by atoms with Crippen molar-refractivity contribution in [2.24, 2.45) is 23.2 Å². The molecule has 0 aromatic heterocycles. The van der Waals surface area contributed by atoms with Crippen molar-refractivity contribution in [3.8, 4) is 0 Å². The summed E-state index contributed by atoms with van der Waals surface area (Å²) in [7, 11) is 0. The van der Waals surface area contributed by atoms with Crippen LogP contribution >= 0.6 is 0 Å². The molecule has 0 aliphatic carbocycles. The first-order valence-electron chi connectivity index (χ1n) is 9.38. The van der Waals surface area contributed by atoms with Gasteiger partial charge in [-0.25, -0.2) is 9.69 Å². The molecule has 3 rings (SSSR count). The normalized spacial score (nSPS) is 28.4. The lowest BCUT2D eigenvalue weighted by molar-refractivity contribution is -0.147. The minimum atomic E-state index is -0.771. The summed E-state index contributed by atoms with van der Waals surface area (Å²) in [5.74, 6) is -2.15. The van der Waals surface area contributed by atoms with Crippen LogP contribution in [0.2, 0.25) is 0 Å². The largest absolute Gasteiger partial charge is 0.456 e. The van der Waals surface area contributed by atoms with Gasteiger partial charge >= 0.3 is 12.1 Å². The number of hydrogen-bond donors (Lipinski definition) is 0. The topological polar surface area (TPSA) is 72.9 Å². The van der Waals surface area contributed by atoms with Gasteiger partial charge in [0.1, 0.15) is 12.7 Å². The van der Waals surface area contributed by atoms with E-state index in [0.29, 0.717) is 0 Å². The van der Waals surface area contributed by atoms with Crippen LogP contribution in [0, 0.1) is 23.2 Å². The summed E-state index contributed by atoms with van der Waals surface area (Å²) in [6.07, 6.45) is -1.35. The summed E-state index contributed by atoms with van der Waals surface area (Å²) >= 11 is 0. The molecule has 4 atom stereocenters. The van der Waals surface area contributed by atoms with Crippen LogP contribution in [0.3, 0.4) is 0 Å².